The van der Waals surface area contributed by atoms with Crippen molar-refractivity contribution in [1.29, 1.82) is 0 Å². The summed E-state index contributed by atoms with van der Waals surface area (Å²) in [4.78, 5) is 31.7. The number of hydrogen-bond acceptors (Lipinski definition) is 3. The van der Waals surface area contributed by atoms with Crippen molar-refractivity contribution in [3.8, 4) is 0 Å². The van der Waals surface area contributed by atoms with E-state index in [0.717, 1.165) is 24.8 Å². The van der Waals surface area contributed by atoms with Gasteiger partial charge in [0.2, 0.25) is 5.91 Å². The fourth-order valence-corrected chi connectivity index (χ4v) is 5.36. The first kappa shape index (κ1) is 20.3. The van der Waals surface area contributed by atoms with Crippen LogP contribution in [0.1, 0.15) is 45.2 Å². The highest BCUT2D eigenvalue weighted by atomic mass is 35.5. The summed E-state index contributed by atoms with van der Waals surface area (Å²) in [5.41, 5.74) is 2.86. The van der Waals surface area contributed by atoms with Gasteiger partial charge in [-0.1, -0.05) is 41.9 Å². The van der Waals surface area contributed by atoms with E-state index in [0.29, 0.717) is 17.1 Å². The first-order valence-corrected chi connectivity index (χ1v) is 11.8. The van der Waals surface area contributed by atoms with E-state index in [-0.39, 0.29) is 30.4 Å². The van der Waals surface area contributed by atoms with Crippen LogP contribution in [-0.2, 0) is 11.2 Å². The standard InChI is InChI=1S/C25H23ClN2O2S/c26-19-8-6-17(7-9-19)24-21-13-15-31-22(21)12-14-27(24)23(29)16-28(20-10-11-20)25(30)18-4-2-1-3-5-18/h1-9,13,15,20,24H,10-12,14,16H2. The minimum Gasteiger partial charge on any atom is -0.330 e. The molecule has 0 saturated heterocycles. The molecule has 2 aromatic carbocycles. The molecule has 158 valence electrons. The van der Waals surface area contributed by atoms with Crippen molar-refractivity contribution in [3.05, 3.63) is 92.6 Å². The van der Waals surface area contributed by atoms with Gasteiger partial charge in [0.05, 0.1) is 6.04 Å². The summed E-state index contributed by atoms with van der Waals surface area (Å²) in [6, 6.07) is 19.1. The summed E-state index contributed by atoms with van der Waals surface area (Å²) >= 11 is 7.85. The third-order valence-electron chi connectivity index (χ3n) is 6.05. The van der Waals surface area contributed by atoms with Crippen LogP contribution >= 0.6 is 22.9 Å². The lowest BCUT2D eigenvalue weighted by molar-refractivity contribution is -0.134. The maximum atomic E-state index is 13.6. The van der Waals surface area contributed by atoms with Gasteiger partial charge < -0.3 is 9.80 Å². The Kier molecular flexibility index (Phi) is 5.55. The van der Waals surface area contributed by atoms with Crippen LogP contribution in [-0.4, -0.2) is 40.7 Å². The number of amides is 2. The Bertz CT molecular complexity index is 1090. The van der Waals surface area contributed by atoms with Crippen LogP contribution in [0.25, 0.3) is 0 Å². The molecule has 1 aromatic heterocycles. The number of carbonyl (C=O) groups is 2. The van der Waals surface area contributed by atoms with Crippen molar-refractivity contribution in [2.24, 2.45) is 0 Å². The third kappa shape index (κ3) is 4.12. The summed E-state index contributed by atoms with van der Waals surface area (Å²) in [6.07, 6.45) is 2.77. The molecule has 31 heavy (non-hydrogen) atoms. The van der Waals surface area contributed by atoms with Crippen LogP contribution in [0.3, 0.4) is 0 Å². The van der Waals surface area contributed by atoms with Crippen molar-refractivity contribution in [3.63, 3.8) is 0 Å². The number of thiophene rings is 1. The van der Waals surface area contributed by atoms with Crippen LogP contribution in [0, 0.1) is 0 Å². The molecule has 1 saturated carbocycles. The van der Waals surface area contributed by atoms with Gasteiger partial charge in [-0.3, -0.25) is 9.59 Å². The predicted molar refractivity (Wildman–Crippen MR) is 124 cm³/mol. The molecular weight excluding hydrogens is 428 g/mol. The Labute approximate surface area is 191 Å². The lowest BCUT2D eigenvalue weighted by Crippen LogP contribution is -2.47. The van der Waals surface area contributed by atoms with Gasteiger partial charge in [-0.2, -0.15) is 0 Å². The predicted octanol–water partition coefficient (Wildman–Crippen LogP) is 5.18. The normalized spacial score (nSPS) is 17.8. The van der Waals surface area contributed by atoms with Gasteiger partial charge in [0, 0.05) is 28.0 Å². The Morgan fingerprint density at radius 2 is 1.77 bits per heavy atom. The van der Waals surface area contributed by atoms with Crippen molar-refractivity contribution in [2.45, 2.75) is 31.3 Å². The minimum atomic E-state index is -0.146. The molecular formula is C25H23ClN2O2S. The van der Waals surface area contributed by atoms with Crippen molar-refractivity contribution >= 4 is 34.8 Å². The number of rotatable bonds is 5. The zero-order chi connectivity index (χ0) is 21.4. The SMILES string of the molecule is O=C(c1ccccc1)N(CC(=O)N1CCc2sccc2C1c1ccc(Cl)cc1)C1CC1. The highest BCUT2D eigenvalue weighted by molar-refractivity contribution is 7.10. The molecule has 1 unspecified atom stereocenters. The summed E-state index contributed by atoms with van der Waals surface area (Å²) in [7, 11) is 0. The van der Waals surface area contributed by atoms with E-state index < -0.39 is 0 Å². The molecule has 1 atom stereocenters. The molecule has 0 N–H and O–H groups in total. The molecule has 1 aliphatic heterocycles. The fourth-order valence-electron chi connectivity index (χ4n) is 4.33. The number of nitrogens with zero attached hydrogens (tertiary/aromatic N) is 2. The third-order valence-corrected chi connectivity index (χ3v) is 7.30. The van der Waals surface area contributed by atoms with E-state index >= 15 is 0 Å². The molecule has 4 nitrogen and oxygen atoms in total. The Balaban J connectivity index is 1.43. The average Bonchev–Trinajstić information content (AvgIpc) is 3.53. The van der Waals surface area contributed by atoms with E-state index in [1.165, 1.54) is 10.4 Å². The smallest absolute Gasteiger partial charge is 0.254 e. The second kappa shape index (κ2) is 8.48. The molecule has 0 spiro atoms. The average molecular weight is 451 g/mol. The molecule has 6 heteroatoms. The van der Waals surface area contributed by atoms with E-state index in [1.807, 2.05) is 59.5 Å². The number of halogens is 1. The maximum Gasteiger partial charge on any atom is 0.254 e. The molecule has 0 radical (unpaired) electrons. The zero-order valence-corrected chi connectivity index (χ0v) is 18.6. The van der Waals surface area contributed by atoms with Crippen molar-refractivity contribution in [2.75, 3.05) is 13.1 Å². The van der Waals surface area contributed by atoms with Gasteiger partial charge in [0.25, 0.3) is 5.91 Å². The number of fused-ring (bicyclic) bond motifs is 1. The summed E-state index contributed by atoms with van der Waals surface area (Å²) < 4.78 is 0. The topological polar surface area (TPSA) is 40.6 Å². The first-order chi connectivity index (χ1) is 15.1. The van der Waals surface area contributed by atoms with Crippen LogP contribution in [0.5, 0.6) is 0 Å². The van der Waals surface area contributed by atoms with Crippen LogP contribution in [0.4, 0.5) is 0 Å². The fraction of sp³-hybridized carbons (Fsp3) is 0.280. The first-order valence-electron chi connectivity index (χ1n) is 10.6. The number of hydrogen-bond donors (Lipinski definition) is 0. The summed E-state index contributed by atoms with van der Waals surface area (Å²) in [5, 5.41) is 2.77. The van der Waals surface area contributed by atoms with Crippen molar-refractivity contribution < 1.29 is 9.59 Å². The number of carbonyl (C=O) groups excluding carboxylic acids is 2. The van der Waals surface area contributed by atoms with E-state index in [1.54, 1.807) is 16.2 Å². The monoisotopic (exact) mass is 450 g/mol. The molecule has 2 amide bonds. The second-order valence-corrected chi connectivity index (χ2v) is 9.56. The van der Waals surface area contributed by atoms with Gasteiger partial charge >= 0.3 is 0 Å². The Morgan fingerprint density at radius 3 is 2.48 bits per heavy atom. The molecule has 1 fully saturated rings. The Morgan fingerprint density at radius 1 is 1.03 bits per heavy atom. The minimum absolute atomic E-state index is 0.00650. The lowest BCUT2D eigenvalue weighted by atomic mass is 9.93. The highest BCUT2D eigenvalue weighted by Crippen LogP contribution is 2.38. The van der Waals surface area contributed by atoms with E-state index in [2.05, 4.69) is 11.4 Å². The van der Waals surface area contributed by atoms with Gasteiger partial charge in [-0.05, 0) is 66.1 Å². The molecule has 0 bridgehead atoms. The van der Waals surface area contributed by atoms with Gasteiger partial charge in [0.15, 0.2) is 0 Å². The van der Waals surface area contributed by atoms with Crippen molar-refractivity contribution in [1.82, 2.24) is 9.80 Å². The molecule has 2 aliphatic rings. The van der Waals surface area contributed by atoms with Gasteiger partial charge in [0.1, 0.15) is 6.54 Å². The largest absolute Gasteiger partial charge is 0.330 e. The molecule has 5 rings (SSSR count). The summed E-state index contributed by atoms with van der Waals surface area (Å²) in [6.45, 7) is 0.764. The van der Waals surface area contributed by atoms with Crippen LogP contribution in [0.2, 0.25) is 5.02 Å². The summed E-state index contributed by atoms with van der Waals surface area (Å²) in [5.74, 6) is -0.0688. The lowest BCUT2D eigenvalue weighted by Gasteiger charge is -2.37. The number of benzene rings is 2. The van der Waals surface area contributed by atoms with Gasteiger partial charge in [-0.15, -0.1) is 11.3 Å². The zero-order valence-electron chi connectivity index (χ0n) is 17.0. The Hall–Kier alpha value is -2.63. The molecule has 3 aromatic rings. The van der Waals surface area contributed by atoms with Crippen LogP contribution in [0.15, 0.2) is 66.0 Å². The maximum absolute atomic E-state index is 13.6. The van der Waals surface area contributed by atoms with Crippen LogP contribution < -0.4 is 0 Å². The quantitative estimate of drug-likeness (QED) is 0.537. The second-order valence-electron chi connectivity index (χ2n) is 8.12. The molecule has 1 aliphatic carbocycles. The van der Waals surface area contributed by atoms with Gasteiger partial charge in [-0.25, -0.2) is 0 Å². The van der Waals surface area contributed by atoms with E-state index in [9.17, 15) is 9.59 Å². The van der Waals surface area contributed by atoms with E-state index in [4.69, 9.17) is 11.6 Å². The highest BCUT2D eigenvalue weighted by Gasteiger charge is 2.38. The molecule has 2 heterocycles.